The zero-order valence-electron chi connectivity index (χ0n) is 9.29. The molecular weight excluding hydrogens is 323 g/mol. The molecule has 0 radical (unpaired) electrons. The van der Waals surface area contributed by atoms with Crippen molar-refractivity contribution in [2.24, 2.45) is 0 Å². The van der Waals surface area contributed by atoms with E-state index in [4.69, 9.17) is 0 Å². The molecule has 0 saturated carbocycles. The second-order valence-corrected chi connectivity index (χ2v) is 3.76. The molecule has 1 aliphatic rings. The molecule has 0 aromatic rings. The Morgan fingerprint density at radius 2 is 1.35 bits per heavy atom. The van der Waals surface area contributed by atoms with Gasteiger partial charge in [0, 0.05) is 0 Å². The Morgan fingerprint density at radius 1 is 0.950 bits per heavy atom. The summed E-state index contributed by atoms with van der Waals surface area (Å²) in [6.45, 7) is -0.590. The molecule has 2 atom stereocenters. The lowest BCUT2D eigenvalue weighted by Gasteiger charge is -2.30. The Hall–Kier alpha value is -1.20. The Bertz CT molecular complexity index is 345. The van der Waals surface area contributed by atoms with E-state index < -0.39 is 36.1 Å². The molecule has 116 valence electrons. The summed E-state index contributed by atoms with van der Waals surface area (Å²) in [5.74, 6) is -4.95. The van der Waals surface area contributed by atoms with Gasteiger partial charge in [0.2, 0.25) is 0 Å². The standard InChI is InChI=1S/C8H6ClF5O6/c9-7(10,11)5(15)19-3-4(18-2-1-17-3)20-6(16)8(12,13)14/h3-4H,1-2H2. The Labute approximate surface area is 112 Å². The van der Waals surface area contributed by atoms with Crippen molar-refractivity contribution in [3.63, 3.8) is 0 Å². The Balaban J connectivity index is 2.68. The normalized spacial score (nSPS) is 24.1. The van der Waals surface area contributed by atoms with E-state index in [1.165, 1.54) is 0 Å². The zero-order chi connectivity index (χ0) is 15.6. The minimum atomic E-state index is -5.34. The van der Waals surface area contributed by atoms with Crippen LogP contribution in [0, 0.1) is 0 Å². The molecule has 1 rings (SSSR count). The van der Waals surface area contributed by atoms with Crippen LogP contribution in [0.5, 0.6) is 0 Å². The van der Waals surface area contributed by atoms with Gasteiger partial charge in [-0.2, -0.15) is 22.0 Å². The van der Waals surface area contributed by atoms with Crippen molar-refractivity contribution < 1.29 is 50.5 Å². The van der Waals surface area contributed by atoms with Crippen molar-refractivity contribution in [1.82, 2.24) is 0 Å². The highest BCUT2D eigenvalue weighted by Gasteiger charge is 2.47. The van der Waals surface area contributed by atoms with E-state index >= 15 is 0 Å². The van der Waals surface area contributed by atoms with Crippen LogP contribution >= 0.6 is 11.6 Å². The number of hydrogen-bond acceptors (Lipinski definition) is 6. The smallest absolute Gasteiger partial charge is 0.423 e. The molecular formula is C8H6ClF5O6. The zero-order valence-corrected chi connectivity index (χ0v) is 10.0. The van der Waals surface area contributed by atoms with Crippen LogP contribution in [-0.4, -0.2) is 49.3 Å². The SMILES string of the molecule is O=C(OC1OCCOC1OC(=O)C(F)(F)Cl)C(F)(F)F. The number of rotatable bonds is 3. The molecule has 0 spiro atoms. The van der Waals surface area contributed by atoms with E-state index in [1.807, 2.05) is 0 Å². The van der Waals surface area contributed by atoms with Crippen LogP contribution in [0.1, 0.15) is 0 Å². The lowest BCUT2D eigenvalue weighted by molar-refractivity contribution is -0.314. The fourth-order valence-electron chi connectivity index (χ4n) is 1.01. The first-order valence-corrected chi connectivity index (χ1v) is 5.18. The average Bonchev–Trinajstić information content (AvgIpc) is 2.29. The number of halogens is 6. The van der Waals surface area contributed by atoms with Crippen LogP contribution < -0.4 is 0 Å². The summed E-state index contributed by atoms with van der Waals surface area (Å²) in [6, 6.07) is 0. The lowest BCUT2D eigenvalue weighted by atomic mass is 10.5. The van der Waals surface area contributed by atoms with Crippen molar-refractivity contribution in [3.8, 4) is 0 Å². The van der Waals surface area contributed by atoms with Gasteiger partial charge in [0.05, 0.1) is 13.2 Å². The molecule has 0 bridgehead atoms. The van der Waals surface area contributed by atoms with E-state index in [9.17, 15) is 31.5 Å². The highest BCUT2D eigenvalue weighted by Crippen LogP contribution is 2.25. The van der Waals surface area contributed by atoms with E-state index in [-0.39, 0.29) is 13.2 Å². The van der Waals surface area contributed by atoms with Gasteiger partial charge in [-0.25, -0.2) is 9.59 Å². The van der Waals surface area contributed by atoms with Gasteiger partial charge in [0.25, 0.3) is 12.6 Å². The van der Waals surface area contributed by atoms with Crippen LogP contribution in [0.15, 0.2) is 0 Å². The fraction of sp³-hybridized carbons (Fsp3) is 0.750. The molecule has 12 heteroatoms. The van der Waals surface area contributed by atoms with Gasteiger partial charge >= 0.3 is 23.5 Å². The maximum absolute atomic E-state index is 12.4. The summed E-state index contributed by atoms with van der Waals surface area (Å²) in [7, 11) is 0. The highest BCUT2D eigenvalue weighted by molar-refractivity contribution is 6.31. The number of alkyl halides is 6. The molecule has 20 heavy (non-hydrogen) atoms. The molecule has 1 fully saturated rings. The molecule has 6 nitrogen and oxygen atoms in total. The molecule has 0 aromatic heterocycles. The van der Waals surface area contributed by atoms with Gasteiger partial charge in [0.15, 0.2) is 0 Å². The van der Waals surface area contributed by atoms with E-state index in [0.29, 0.717) is 0 Å². The Kier molecular flexibility index (Phi) is 5.10. The predicted octanol–water partition coefficient (Wildman–Crippen LogP) is 1.17. The predicted molar refractivity (Wildman–Crippen MR) is 48.5 cm³/mol. The number of ether oxygens (including phenoxy) is 4. The van der Waals surface area contributed by atoms with Gasteiger partial charge in [-0.15, -0.1) is 0 Å². The maximum Gasteiger partial charge on any atom is 0.491 e. The third kappa shape index (κ3) is 4.72. The third-order valence-electron chi connectivity index (χ3n) is 1.78. The molecule has 1 aliphatic heterocycles. The first kappa shape index (κ1) is 16.9. The van der Waals surface area contributed by atoms with Gasteiger partial charge in [-0.3, -0.25) is 0 Å². The van der Waals surface area contributed by atoms with E-state index in [0.717, 1.165) is 0 Å². The van der Waals surface area contributed by atoms with Crippen molar-refractivity contribution in [1.29, 1.82) is 0 Å². The van der Waals surface area contributed by atoms with E-state index in [2.05, 4.69) is 30.5 Å². The topological polar surface area (TPSA) is 71.1 Å². The van der Waals surface area contributed by atoms with Gasteiger partial charge in [-0.1, -0.05) is 0 Å². The van der Waals surface area contributed by atoms with Crippen molar-refractivity contribution in [2.45, 2.75) is 24.1 Å². The molecule has 2 unspecified atom stereocenters. The summed E-state index contributed by atoms with van der Waals surface area (Å²) in [4.78, 5) is 21.3. The molecule has 0 aliphatic carbocycles. The molecule has 0 aromatic carbocycles. The summed E-state index contributed by atoms with van der Waals surface area (Å²) in [5, 5.41) is -4.42. The summed E-state index contributed by atoms with van der Waals surface area (Å²) < 4.78 is 77.5. The second kappa shape index (κ2) is 6.06. The minimum Gasteiger partial charge on any atom is -0.423 e. The first-order chi connectivity index (χ1) is 9.01. The monoisotopic (exact) mass is 328 g/mol. The molecule has 1 heterocycles. The largest absolute Gasteiger partial charge is 0.491 e. The van der Waals surface area contributed by atoms with Crippen LogP contribution in [0.3, 0.4) is 0 Å². The molecule has 1 saturated heterocycles. The Morgan fingerprint density at radius 3 is 1.70 bits per heavy atom. The third-order valence-corrected chi connectivity index (χ3v) is 1.93. The van der Waals surface area contributed by atoms with Crippen LogP contribution in [0.2, 0.25) is 0 Å². The van der Waals surface area contributed by atoms with Crippen molar-refractivity contribution in [3.05, 3.63) is 0 Å². The minimum absolute atomic E-state index is 0.286. The summed E-state index contributed by atoms with van der Waals surface area (Å²) >= 11 is 4.34. The fourth-order valence-corrected chi connectivity index (χ4v) is 1.05. The number of carbonyl (C=O) groups is 2. The summed E-state index contributed by atoms with van der Waals surface area (Å²) in [6.07, 6.45) is -9.57. The van der Waals surface area contributed by atoms with Crippen LogP contribution in [0.25, 0.3) is 0 Å². The average molecular weight is 329 g/mol. The molecule has 0 amide bonds. The van der Waals surface area contributed by atoms with Crippen molar-refractivity contribution >= 4 is 23.5 Å². The van der Waals surface area contributed by atoms with Gasteiger partial charge < -0.3 is 18.9 Å². The van der Waals surface area contributed by atoms with Crippen molar-refractivity contribution in [2.75, 3.05) is 13.2 Å². The molecule has 0 N–H and O–H groups in total. The van der Waals surface area contributed by atoms with Crippen LogP contribution in [-0.2, 0) is 28.5 Å². The lowest BCUT2D eigenvalue weighted by Crippen LogP contribution is -2.47. The van der Waals surface area contributed by atoms with E-state index in [1.54, 1.807) is 0 Å². The maximum atomic E-state index is 12.4. The van der Waals surface area contributed by atoms with Gasteiger partial charge in [0.1, 0.15) is 0 Å². The quantitative estimate of drug-likeness (QED) is 0.440. The van der Waals surface area contributed by atoms with Crippen LogP contribution in [0.4, 0.5) is 22.0 Å². The number of carbonyl (C=O) groups excluding carboxylic acids is 2. The first-order valence-electron chi connectivity index (χ1n) is 4.80. The number of esters is 2. The van der Waals surface area contributed by atoms with Gasteiger partial charge in [-0.05, 0) is 11.6 Å². The second-order valence-electron chi connectivity index (χ2n) is 3.28. The number of hydrogen-bond donors (Lipinski definition) is 0. The summed E-state index contributed by atoms with van der Waals surface area (Å²) in [5.41, 5.74) is 0. The highest BCUT2D eigenvalue weighted by atomic mass is 35.5.